The first-order chi connectivity index (χ1) is 11.5. The summed E-state index contributed by atoms with van der Waals surface area (Å²) in [5.74, 6) is -0.270. The molecule has 0 saturated heterocycles. The molecule has 24 heavy (non-hydrogen) atoms. The molecule has 2 rings (SSSR count). The molecule has 1 amide bonds. The van der Waals surface area contributed by atoms with Crippen LogP contribution in [0.25, 0.3) is 0 Å². The molecule has 0 aliphatic rings. The van der Waals surface area contributed by atoms with Crippen LogP contribution in [0.3, 0.4) is 0 Å². The highest BCUT2D eigenvalue weighted by Gasteiger charge is 2.17. The summed E-state index contributed by atoms with van der Waals surface area (Å²) >= 11 is 5.88. The average Bonchev–Trinajstić information content (AvgIpc) is 2.58. The van der Waals surface area contributed by atoms with Gasteiger partial charge in [-0.2, -0.15) is 0 Å². The van der Waals surface area contributed by atoms with Gasteiger partial charge in [0, 0.05) is 18.1 Å². The van der Waals surface area contributed by atoms with Gasteiger partial charge in [-0.1, -0.05) is 35.9 Å². The Morgan fingerprint density at radius 2 is 1.71 bits per heavy atom. The van der Waals surface area contributed by atoms with Gasteiger partial charge in [0.1, 0.15) is 5.82 Å². The van der Waals surface area contributed by atoms with Crippen LogP contribution in [0.5, 0.6) is 0 Å². The second kappa shape index (κ2) is 8.81. The van der Waals surface area contributed by atoms with Gasteiger partial charge >= 0.3 is 0 Å². The fourth-order valence-corrected chi connectivity index (χ4v) is 2.47. The average molecular weight is 349 g/mol. The van der Waals surface area contributed by atoms with Gasteiger partial charge in [0.05, 0.1) is 6.04 Å². The molecule has 0 aliphatic carbocycles. The van der Waals surface area contributed by atoms with Gasteiger partial charge < -0.3 is 5.32 Å². The number of carbonyl (C=O) groups excluding carboxylic acids is 1. The van der Waals surface area contributed by atoms with Crippen molar-refractivity contribution >= 4 is 17.5 Å². The Kier molecular flexibility index (Phi) is 6.76. The van der Waals surface area contributed by atoms with Crippen molar-refractivity contribution in [2.24, 2.45) is 0 Å². The highest BCUT2D eigenvalue weighted by molar-refractivity contribution is 6.30. The summed E-state index contributed by atoms with van der Waals surface area (Å²) < 4.78 is 12.9. The van der Waals surface area contributed by atoms with Crippen LogP contribution in [0, 0.1) is 5.82 Å². The lowest BCUT2D eigenvalue weighted by Crippen LogP contribution is -2.43. The maximum Gasteiger partial charge on any atom is 0.237 e. The quantitative estimate of drug-likeness (QED) is 0.828. The van der Waals surface area contributed by atoms with Gasteiger partial charge in [-0.3, -0.25) is 9.69 Å². The topological polar surface area (TPSA) is 32.3 Å². The molecular weight excluding hydrogens is 327 g/mol. The lowest BCUT2D eigenvalue weighted by atomic mass is 10.1. The number of benzene rings is 2. The van der Waals surface area contributed by atoms with E-state index in [1.807, 2.05) is 43.1 Å². The number of hydrogen-bond acceptors (Lipinski definition) is 2. The second-order valence-corrected chi connectivity index (χ2v) is 6.32. The maximum atomic E-state index is 12.9. The summed E-state index contributed by atoms with van der Waals surface area (Å²) in [4.78, 5) is 14.2. The molecule has 0 fully saturated rings. The van der Waals surface area contributed by atoms with Gasteiger partial charge in [-0.15, -0.1) is 0 Å². The van der Waals surface area contributed by atoms with Crippen molar-refractivity contribution in [3.05, 3.63) is 70.5 Å². The Hall–Kier alpha value is -1.91. The van der Waals surface area contributed by atoms with Crippen LogP contribution < -0.4 is 5.32 Å². The molecule has 128 valence electrons. The predicted molar refractivity (Wildman–Crippen MR) is 95.5 cm³/mol. The van der Waals surface area contributed by atoms with Crippen LogP contribution in [0.4, 0.5) is 4.39 Å². The van der Waals surface area contributed by atoms with Crippen molar-refractivity contribution in [2.45, 2.75) is 25.9 Å². The van der Waals surface area contributed by atoms with Crippen LogP contribution in [-0.4, -0.2) is 30.4 Å². The summed E-state index contributed by atoms with van der Waals surface area (Å²) in [5.41, 5.74) is 2.10. The van der Waals surface area contributed by atoms with Gasteiger partial charge in [0.25, 0.3) is 0 Å². The Morgan fingerprint density at radius 3 is 2.33 bits per heavy atom. The Balaban J connectivity index is 1.78. The van der Waals surface area contributed by atoms with E-state index in [2.05, 4.69) is 5.32 Å². The molecule has 0 heterocycles. The summed E-state index contributed by atoms with van der Waals surface area (Å²) in [6.07, 6.45) is 0.680. The fraction of sp³-hybridized carbons (Fsp3) is 0.316. The van der Waals surface area contributed by atoms with E-state index in [1.54, 1.807) is 12.1 Å². The molecule has 0 radical (unpaired) electrons. The Morgan fingerprint density at radius 1 is 1.12 bits per heavy atom. The van der Waals surface area contributed by atoms with E-state index in [4.69, 9.17) is 11.6 Å². The van der Waals surface area contributed by atoms with E-state index < -0.39 is 0 Å². The molecule has 0 aliphatic heterocycles. The van der Waals surface area contributed by atoms with Gasteiger partial charge in [0.2, 0.25) is 5.91 Å². The number of halogens is 2. The number of amides is 1. The largest absolute Gasteiger partial charge is 0.354 e. The number of nitrogens with zero attached hydrogens (tertiary/aromatic N) is 1. The van der Waals surface area contributed by atoms with Crippen LogP contribution in [0.2, 0.25) is 5.02 Å². The number of carbonyl (C=O) groups is 1. The fourth-order valence-electron chi connectivity index (χ4n) is 2.34. The zero-order valence-corrected chi connectivity index (χ0v) is 14.7. The molecule has 0 saturated carbocycles. The standard InChI is InChI=1S/C19H22ClFN2O/c1-14(23(2)13-16-3-7-17(20)8-4-16)19(24)22-12-11-15-5-9-18(21)10-6-15/h3-10,14H,11-13H2,1-2H3,(H,22,24). The minimum absolute atomic E-state index is 0.0198. The second-order valence-electron chi connectivity index (χ2n) is 5.89. The van der Waals surface area contributed by atoms with E-state index in [9.17, 15) is 9.18 Å². The molecule has 3 nitrogen and oxygen atoms in total. The van der Waals surface area contributed by atoms with Crippen LogP contribution in [0.1, 0.15) is 18.1 Å². The molecule has 2 aromatic rings. The SMILES string of the molecule is CC(C(=O)NCCc1ccc(F)cc1)N(C)Cc1ccc(Cl)cc1. The number of likely N-dealkylation sites (N-methyl/N-ethyl adjacent to an activating group) is 1. The summed E-state index contributed by atoms with van der Waals surface area (Å²) in [5, 5.41) is 3.63. The molecule has 0 bridgehead atoms. The van der Waals surface area contributed by atoms with Crippen molar-refractivity contribution in [1.29, 1.82) is 0 Å². The summed E-state index contributed by atoms with van der Waals surface area (Å²) in [6, 6.07) is 13.7. The zero-order chi connectivity index (χ0) is 17.5. The van der Waals surface area contributed by atoms with E-state index in [-0.39, 0.29) is 17.8 Å². The highest BCUT2D eigenvalue weighted by atomic mass is 35.5. The van der Waals surface area contributed by atoms with E-state index in [1.165, 1.54) is 12.1 Å². The first kappa shape index (κ1) is 18.4. The summed E-state index contributed by atoms with van der Waals surface area (Å²) in [6.45, 7) is 3.08. The van der Waals surface area contributed by atoms with E-state index in [0.717, 1.165) is 11.1 Å². The Labute approximate surface area is 147 Å². The number of nitrogens with one attached hydrogen (secondary N) is 1. The van der Waals surface area contributed by atoms with Crippen LogP contribution in [0.15, 0.2) is 48.5 Å². The minimum atomic E-state index is -0.250. The summed E-state index contributed by atoms with van der Waals surface area (Å²) in [7, 11) is 1.92. The van der Waals surface area contributed by atoms with Crippen molar-refractivity contribution in [3.8, 4) is 0 Å². The first-order valence-corrected chi connectivity index (χ1v) is 8.30. The van der Waals surface area contributed by atoms with Gasteiger partial charge in [-0.25, -0.2) is 4.39 Å². The van der Waals surface area contributed by atoms with E-state index in [0.29, 0.717) is 24.5 Å². The van der Waals surface area contributed by atoms with Crippen LogP contribution in [-0.2, 0) is 17.8 Å². The molecule has 5 heteroatoms. The number of hydrogen-bond donors (Lipinski definition) is 1. The molecule has 1 N–H and O–H groups in total. The lowest BCUT2D eigenvalue weighted by molar-refractivity contribution is -0.125. The van der Waals surface area contributed by atoms with Gasteiger partial charge in [0.15, 0.2) is 0 Å². The molecule has 1 atom stereocenters. The van der Waals surface area contributed by atoms with Crippen molar-refractivity contribution in [2.75, 3.05) is 13.6 Å². The minimum Gasteiger partial charge on any atom is -0.354 e. The third kappa shape index (κ3) is 5.62. The highest BCUT2D eigenvalue weighted by Crippen LogP contribution is 2.12. The monoisotopic (exact) mass is 348 g/mol. The molecule has 2 aromatic carbocycles. The molecular formula is C19H22ClFN2O. The first-order valence-electron chi connectivity index (χ1n) is 7.92. The third-order valence-electron chi connectivity index (χ3n) is 4.01. The van der Waals surface area contributed by atoms with Crippen molar-refractivity contribution in [1.82, 2.24) is 10.2 Å². The lowest BCUT2D eigenvalue weighted by Gasteiger charge is -2.24. The smallest absolute Gasteiger partial charge is 0.237 e. The van der Waals surface area contributed by atoms with Crippen molar-refractivity contribution < 1.29 is 9.18 Å². The maximum absolute atomic E-state index is 12.9. The van der Waals surface area contributed by atoms with E-state index >= 15 is 0 Å². The Bertz CT molecular complexity index is 658. The zero-order valence-electron chi connectivity index (χ0n) is 13.9. The molecule has 0 aromatic heterocycles. The predicted octanol–water partition coefficient (Wildman–Crippen LogP) is 3.66. The van der Waals surface area contributed by atoms with Crippen LogP contribution >= 0.6 is 11.6 Å². The molecule has 0 spiro atoms. The number of rotatable bonds is 7. The molecule has 1 unspecified atom stereocenters. The third-order valence-corrected chi connectivity index (χ3v) is 4.26. The van der Waals surface area contributed by atoms with Gasteiger partial charge in [-0.05, 0) is 55.8 Å². The normalized spacial score (nSPS) is 12.2. The van der Waals surface area contributed by atoms with Crippen molar-refractivity contribution in [3.63, 3.8) is 0 Å².